The molecule has 0 radical (unpaired) electrons. The summed E-state index contributed by atoms with van der Waals surface area (Å²) in [6.45, 7) is 9.02. The first-order valence-electron chi connectivity index (χ1n) is 7.21. The zero-order chi connectivity index (χ0) is 13.6. The fraction of sp³-hybridized carbons (Fsp3) is 1.00. The maximum absolute atomic E-state index is 6.08. The standard InChI is InChI=1S/C14H31N3O/c1-13(2)18-11-10-17(4)14(12-15)6-5-8-16(3)9-7-14/h13H,5-12,15H2,1-4H3. The monoisotopic (exact) mass is 257 g/mol. The number of hydrogen-bond donors (Lipinski definition) is 1. The normalized spacial score (nSPS) is 26.8. The van der Waals surface area contributed by atoms with Gasteiger partial charge in [0.15, 0.2) is 0 Å². The van der Waals surface area contributed by atoms with Gasteiger partial charge in [-0.05, 0) is 60.3 Å². The Labute approximate surface area is 112 Å². The maximum Gasteiger partial charge on any atom is 0.0597 e. The van der Waals surface area contributed by atoms with Gasteiger partial charge in [-0.25, -0.2) is 0 Å². The average Bonchev–Trinajstić information content (AvgIpc) is 2.51. The molecule has 1 aliphatic rings. The quantitative estimate of drug-likeness (QED) is 0.775. The Hall–Kier alpha value is -0.160. The van der Waals surface area contributed by atoms with Crippen LogP contribution in [0.2, 0.25) is 0 Å². The van der Waals surface area contributed by atoms with Crippen molar-refractivity contribution in [3.8, 4) is 0 Å². The van der Waals surface area contributed by atoms with Crippen molar-refractivity contribution in [1.29, 1.82) is 0 Å². The van der Waals surface area contributed by atoms with Crippen LogP contribution in [-0.4, -0.2) is 68.3 Å². The van der Waals surface area contributed by atoms with E-state index in [1.807, 2.05) is 0 Å². The summed E-state index contributed by atoms with van der Waals surface area (Å²) in [6, 6.07) is 0. The highest BCUT2D eigenvalue weighted by molar-refractivity contribution is 4.93. The number of rotatable bonds is 6. The summed E-state index contributed by atoms with van der Waals surface area (Å²) in [5, 5.41) is 0. The second-order valence-corrected chi connectivity index (χ2v) is 5.93. The van der Waals surface area contributed by atoms with Gasteiger partial charge in [0.1, 0.15) is 0 Å². The van der Waals surface area contributed by atoms with Crippen LogP contribution in [0.5, 0.6) is 0 Å². The van der Waals surface area contributed by atoms with E-state index in [9.17, 15) is 0 Å². The Bertz CT molecular complexity index is 235. The number of ether oxygens (including phenoxy) is 1. The van der Waals surface area contributed by atoms with Crippen LogP contribution in [0, 0.1) is 0 Å². The topological polar surface area (TPSA) is 41.7 Å². The summed E-state index contributed by atoms with van der Waals surface area (Å²) in [5.74, 6) is 0. The van der Waals surface area contributed by atoms with E-state index in [0.717, 1.165) is 32.7 Å². The van der Waals surface area contributed by atoms with E-state index < -0.39 is 0 Å². The first-order chi connectivity index (χ1) is 8.50. The average molecular weight is 257 g/mol. The predicted octanol–water partition coefficient (Wildman–Crippen LogP) is 1.16. The third-order valence-electron chi connectivity index (χ3n) is 4.21. The summed E-state index contributed by atoms with van der Waals surface area (Å²) < 4.78 is 5.65. The molecule has 1 heterocycles. The third kappa shape index (κ3) is 4.50. The summed E-state index contributed by atoms with van der Waals surface area (Å²) in [7, 11) is 4.40. The molecule has 1 atom stereocenters. The highest BCUT2D eigenvalue weighted by Gasteiger charge is 2.34. The van der Waals surface area contributed by atoms with Gasteiger partial charge in [-0.3, -0.25) is 4.90 Å². The SMILES string of the molecule is CC(C)OCCN(C)C1(CN)CCCN(C)CC1. The lowest BCUT2D eigenvalue weighted by Crippen LogP contribution is -2.53. The zero-order valence-electron chi connectivity index (χ0n) is 12.6. The van der Waals surface area contributed by atoms with Crippen molar-refractivity contribution < 1.29 is 4.74 Å². The molecule has 0 amide bonds. The lowest BCUT2D eigenvalue weighted by Gasteiger charge is -2.41. The largest absolute Gasteiger partial charge is 0.377 e. The summed E-state index contributed by atoms with van der Waals surface area (Å²) in [6.07, 6.45) is 3.92. The molecule has 2 N–H and O–H groups in total. The van der Waals surface area contributed by atoms with Crippen molar-refractivity contribution in [3.05, 3.63) is 0 Å². The van der Waals surface area contributed by atoms with Crippen LogP contribution in [0.25, 0.3) is 0 Å². The molecule has 0 spiro atoms. The second-order valence-electron chi connectivity index (χ2n) is 5.93. The molecule has 0 aromatic carbocycles. The summed E-state index contributed by atoms with van der Waals surface area (Å²) in [4.78, 5) is 4.84. The molecule has 1 fully saturated rings. The van der Waals surface area contributed by atoms with E-state index in [1.165, 1.54) is 19.4 Å². The van der Waals surface area contributed by atoms with E-state index in [0.29, 0.717) is 6.10 Å². The highest BCUT2D eigenvalue weighted by Crippen LogP contribution is 2.26. The Morgan fingerprint density at radius 1 is 1.33 bits per heavy atom. The molecule has 0 aromatic rings. The van der Waals surface area contributed by atoms with Crippen molar-refractivity contribution in [3.63, 3.8) is 0 Å². The second kappa shape index (κ2) is 7.43. The maximum atomic E-state index is 6.08. The van der Waals surface area contributed by atoms with Crippen LogP contribution in [0.15, 0.2) is 0 Å². The number of hydrogen-bond acceptors (Lipinski definition) is 4. The molecule has 108 valence electrons. The fourth-order valence-corrected chi connectivity index (χ4v) is 2.72. The number of nitrogens with zero attached hydrogens (tertiary/aromatic N) is 2. The van der Waals surface area contributed by atoms with Crippen LogP contribution >= 0.6 is 0 Å². The van der Waals surface area contributed by atoms with Gasteiger partial charge in [0, 0.05) is 18.6 Å². The first-order valence-corrected chi connectivity index (χ1v) is 7.21. The molecule has 0 saturated carbocycles. The van der Waals surface area contributed by atoms with Crippen molar-refractivity contribution in [2.75, 3.05) is 46.9 Å². The molecule has 0 aromatic heterocycles. The minimum absolute atomic E-state index is 0.172. The number of likely N-dealkylation sites (tertiary alicyclic amines) is 1. The van der Waals surface area contributed by atoms with Gasteiger partial charge in [0.25, 0.3) is 0 Å². The lowest BCUT2D eigenvalue weighted by atomic mass is 9.89. The molecular formula is C14H31N3O. The van der Waals surface area contributed by atoms with Gasteiger partial charge in [-0.1, -0.05) is 0 Å². The summed E-state index contributed by atoms with van der Waals surface area (Å²) in [5.41, 5.74) is 6.26. The number of likely N-dealkylation sites (N-methyl/N-ethyl adjacent to an activating group) is 1. The Balaban J connectivity index is 2.51. The van der Waals surface area contributed by atoms with Crippen molar-refractivity contribution in [1.82, 2.24) is 9.80 Å². The molecule has 1 unspecified atom stereocenters. The zero-order valence-corrected chi connectivity index (χ0v) is 12.6. The van der Waals surface area contributed by atoms with Crippen molar-refractivity contribution in [2.24, 2.45) is 5.73 Å². The molecular weight excluding hydrogens is 226 g/mol. The first kappa shape index (κ1) is 15.9. The third-order valence-corrected chi connectivity index (χ3v) is 4.21. The van der Waals surface area contributed by atoms with E-state index >= 15 is 0 Å². The molecule has 0 bridgehead atoms. The molecule has 4 heteroatoms. The minimum Gasteiger partial charge on any atom is -0.377 e. The van der Waals surface area contributed by atoms with Gasteiger partial charge >= 0.3 is 0 Å². The Morgan fingerprint density at radius 2 is 2.06 bits per heavy atom. The van der Waals surface area contributed by atoms with E-state index in [4.69, 9.17) is 10.5 Å². The van der Waals surface area contributed by atoms with Gasteiger partial charge in [0.05, 0.1) is 12.7 Å². The highest BCUT2D eigenvalue weighted by atomic mass is 16.5. The Kier molecular flexibility index (Phi) is 6.57. The fourth-order valence-electron chi connectivity index (χ4n) is 2.72. The van der Waals surface area contributed by atoms with E-state index in [2.05, 4.69) is 37.7 Å². The lowest BCUT2D eigenvalue weighted by molar-refractivity contribution is 0.0300. The van der Waals surface area contributed by atoms with Gasteiger partial charge in [-0.15, -0.1) is 0 Å². The van der Waals surface area contributed by atoms with Gasteiger partial charge in [0.2, 0.25) is 0 Å². The molecule has 18 heavy (non-hydrogen) atoms. The van der Waals surface area contributed by atoms with E-state index in [1.54, 1.807) is 0 Å². The molecule has 4 nitrogen and oxygen atoms in total. The van der Waals surface area contributed by atoms with Crippen molar-refractivity contribution >= 4 is 0 Å². The van der Waals surface area contributed by atoms with Crippen LogP contribution in [-0.2, 0) is 4.74 Å². The van der Waals surface area contributed by atoms with Crippen molar-refractivity contribution in [2.45, 2.75) is 44.8 Å². The molecule has 0 aliphatic carbocycles. The molecule has 1 saturated heterocycles. The molecule has 1 rings (SSSR count). The Morgan fingerprint density at radius 3 is 2.67 bits per heavy atom. The minimum atomic E-state index is 0.172. The summed E-state index contributed by atoms with van der Waals surface area (Å²) >= 11 is 0. The van der Waals surface area contributed by atoms with Crippen LogP contribution in [0.4, 0.5) is 0 Å². The van der Waals surface area contributed by atoms with Crippen LogP contribution < -0.4 is 5.73 Å². The smallest absolute Gasteiger partial charge is 0.0597 e. The van der Waals surface area contributed by atoms with Gasteiger partial charge in [-0.2, -0.15) is 0 Å². The molecule has 1 aliphatic heterocycles. The van der Waals surface area contributed by atoms with Gasteiger partial charge < -0.3 is 15.4 Å². The van der Waals surface area contributed by atoms with Crippen LogP contribution in [0.1, 0.15) is 33.1 Å². The van der Waals surface area contributed by atoms with E-state index in [-0.39, 0.29) is 5.54 Å². The number of nitrogens with two attached hydrogens (primary N) is 1. The van der Waals surface area contributed by atoms with Crippen LogP contribution in [0.3, 0.4) is 0 Å². The predicted molar refractivity (Wildman–Crippen MR) is 76.9 cm³/mol.